The molecule has 0 aromatic heterocycles. The number of aromatic hydroxyl groups is 1. The standard InChI is InChI=1S/C7H8BFO3.C7H7FO2.H2O2/c1-12-6-4-2-3-5(7(6)9)8(10)11;1-10-6-4-2-3-5(9)7(6)8;1-2/h2-4,10-11H,1H3;2-4,9H,1H3;1-2H. The molecule has 0 saturated heterocycles. The molecule has 132 valence electrons. The molecule has 0 aliphatic carbocycles. The number of halogens is 2. The van der Waals surface area contributed by atoms with Crippen LogP contribution in [0.5, 0.6) is 17.2 Å². The number of phenolic OH excluding ortho intramolecular Hbond substituents is 1. The predicted molar refractivity (Wildman–Crippen MR) is 82.7 cm³/mol. The molecule has 24 heavy (non-hydrogen) atoms. The number of hydrogen-bond acceptors (Lipinski definition) is 7. The van der Waals surface area contributed by atoms with Crippen LogP contribution >= 0.6 is 0 Å². The van der Waals surface area contributed by atoms with Crippen molar-refractivity contribution in [3.05, 3.63) is 48.0 Å². The van der Waals surface area contributed by atoms with E-state index >= 15 is 0 Å². The van der Waals surface area contributed by atoms with Gasteiger partial charge in [0, 0.05) is 5.46 Å². The molecule has 2 aromatic carbocycles. The molecule has 0 unspecified atom stereocenters. The van der Waals surface area contributed by atoms with Gasteiger partial charge in [-0.2, -0.15) is 4.39 Å². The highest BCUT2D eigenvalue weighted by molar-refractivity contribution is 6.58. The minimum absolute atomic E-state index is 0.000556. The zero-order valence-electron chi connectivity index (χ0n) is 12.8. The number of rotatable bonds is 3. The lowest BCUT2D eigenvalue weighted by Crippen LogP contribution is -2.32. The second kappa shape index (κ2) is 11.2. The maximum Gasteiger partial charge on any atom is 0.491 e. The van der Waals surface area contributed by atoms with E-state index in [1.807, 2.05) is 0 Å². The second-order valence-electron chi connectivity index (χ2n) is 4.03. The third-order valence-corrected chi connectivity index (χ3v) is 2.65. The Labute approximate surface area is 137 Å². The number of benzene rings is 2. The summed E-state index contributed by atoms with van der Waals surface area (Å²) < 4.78 is 34.9. The van der Waals surface area contributed by atoms with Crippen molar-refractivity contribution in [2.45, 2.75) is 0 Å². The lowest BCUT2D eigenvalue weighted by molar-refractivity contribution is -0.176. The second-order valence-corrected chi connectivity index (χ2v) is 4.03. The van der Waals surface area contributed by atoms with Crippen molar-refractivity contribution in [1.82, 2.24) is 0 Å². The van der Waals surface area contributed by atoms with Crippen molar-refractivity contribution in [3.8, 4) is 17.2 Å². The van der Waals surface area contributed by atoms with Crippen LogP contribution in [-0.2, 0) is 0 Å². The first kappa shape index (κ1) is 21.6. The summed E-state index contributed by atoms with van der Waals surface area (Å²) in [6.07, 6.45) is 0. The summed E-state index contributed by atoms with van der Waals surface area (Å²) in [7, 11) is 0.851. The largest absolute Gasteiger partial charge is 0.505 e. The molecule has 2 aromatic rings. The molecule has 7 nitrogen and oxygen atoms in total. The van der Waals surface area contributed by atoms with Gasteiger partial charge in [0.1, 0.15) is 0 Å². The minimum Gasteiger partial charge on any atom is -0.505 e. The Kier molecular flexibility index (Phi) is 10.1. The van der Waals surface area contributed by atoms with Crippen molar-refractivity contribution in [3.63, 3.8) is 0 Å². The van der Waals surface area contributed by atoms with Gasteiger partial charge in [-0.3, -0.25) is 10.5 Å². The Balaban J connectivity index is 0.000000405. The van der Waals surface area contributed by atoms with Gasteiger partial charge in [-0.15, -0.1) is 0 Å². The fourth-order valence-electron chi connectivity index (χ4n) is 1.54. The van der Waals surface area contributed by atoms with Gasteiger partial charge in [0.2, 0.25) is 5.82 Å². The molecular formula is C14H17BF2O7. The van der Waals surface area contributed by atoms with Gasteiger partial charge in [0.25, 0.3) is 0 Å². The summed E-state index contributed by atoms with van der Waals surface area (Å²) in [4.78, 5) is 0. The Bertz CT molecular complexity index is 626. The van der Waals surface area contributed by atoms with Gasteiger partial charge in [-0.05, 0) is 18.2 Å². The number of ether oxygens (including phenoxy) is 2. The summed E-state index contributed by atoms with van der Waals surface area (Å²) in [6.45, 7) is 0. The first-order chi connectivity index (χ1) is 11.4. The van der Waals surface area contributed by atoms with E-state index < -0.39 is 18.8 Å². The minimum atomic E-state index is -1.81. The molecule has 0 saturated carbocycles. The number of methoxy groups -OCH3 is 2. The van der Waals surface area contributed by atoms with Crippen molar-refractivity contribution >= 4 is 12.6 Å². The summed E-state index contributed by atoms with van der Waals surface area (Å²) in [5.74, 6) is -1.79. The van der Waals surface area contributed by atoms with Crippen molar-refractivity contribution in [2.24, 2.45) is 0 Å². The summed E-state index contributed by atoms with van der Waals surface area (Å²) in [5.41, 5.74) is -0.186. The average Bonchev–Trinajstić information content (AvgIpc) is 2.59. The van der Waals surface area contributed by atoms with E-state index in [-0.39, 0.29) is 22.7 Å². The summed E-state index contributed by atoms with van der Waals surface area (Å²) in [6, 6.07) is 8.38. The maximum absolute atomic E-state index is 13.1. The van der Waals surface area contributed by atoms with Crippen molar-refractivity contribution in [2.75, 3.05) is 14.2 Å². The smallest absolute Gasteiger partial charge is 0.491 e. The third kappa shape index (κ3) is 6.01. The van der Waals surface area contributed by atoms with E-state index in [1.165, 1.54) is 50.6 Å². The van der Waals surface area contributed by atoms with Gasteiger partial charge >= 0.3 is 7.12 Å². The van der Waals surface area contributed by atoms with Gasteiger partial charge in [-0.25, -0.2) is 4.39 Å². The molecule has 0 heterocycles. The van der Waals surface area contributed by atoms with Crippen molar-refractivity contribution < 1.29 is 43.9 Å². The normalized spacial score (nSPS) is 9.00. The van der Waals surface area contributed by atoms with Crippen LogP contribution < -0.4 is 14.9 Å². The summed E-state index contributed by atoms with van der Waals surface area (Å²) >= 11 is 0. The van der Waals surface area contributed by atoms with Gasteiger partial charge in [-0.1, -0.05) is 18.2 Å². The molecule has 0 amide bonds. The fourth-order valence-corrected chi connectivity index (χ4v) is 1.54. The molecule has 0 radical (unpaired) electrons. The van der Waals surface area contributed by atoms with Gasteiger partial charge in [0.05, 0.1) is 14.2 Å². The highest BCUT2D eigenvalue weighted by Gasteiger charge is 2.18. The highest BCUT2D eigenvalue weighted by Crippen LogP contribution is 2.23. The summed E-state index contributed by atoms with van der Waals surface area (Å²) in [5, 5.41) is 38.1. The third-order valence-electron chi connectivity index (χ3n) is 2.65. The molecular weight excluding hydrogens is 329 g/mol. The Hall–Kier alpha value is -2.40. The molecule has 0 aliphatic rings. The number of phenols is 1. The van der Waals surface area contributed by atoms with Crippen LogP contribution in [0.3, 0.4) is 0 Å². The van der Waals surface area contributed by atoms with E-state index in [9.17, 15) is 8.78 Å². The molecule has 0 fully saturated rings. The fraction of sp³-hybridized carbons (Fsp3) is 0.143. The monoisotopic (exact) mass is 346 g/mol. The van der Waals surface area contributed by atoms with E-state index in [0.29, 0.717) is 0 Å². The van der Waals surface area contributed by atoms with E-state index in [0.717, 1.165) is 0 Å². The van der Waals surface area contributed by atoms with Crippen molar-refractivity contribution in [1.29, 1.82) is 0 Å². The van der Waals surface area contributed by atoms with E-state index in [1.54, 1.807) is 0 Å². The quantitative estimate of drug-likeness (QED) is 0.320. The Morgan fingerprint density at radius 2 is 1.29 bits per heavy atom. The first-order valence-corrected chi connectivity index (χ1v) is 6.32. The zero-order chi connectivity index (χ0) is 18.7. The average molecular weight is 346 g/mol. The lowest BCUT2D eigenvalue weighted by atomic mass is 9.80. The van der Waals surface area contributed by atoms with Crippen LogP contribution in [-0.4, -0.2) is 47.0 Å². The highest BCUT2D eigenvalue weighted by atomic mass is 19.1. The predicted octanol–water partition coefficient (Wildman–Crippen LogP) is 1.07. The first-order valence-electron chi connectivity index (χ1n) is 6.32. The molecule has 0 bridgehead atoms. The van der Waals surface area contributed by atoms with Gasteiger partial charge < -0.3 is 24.6 Å². The number of hydrogen-bond donors (Lipinski definition) is 5. The van der Waals surface area contributed by atoms with E-state index in [4.69, 9.17) is 25.7 Å². The maximum atomic E-state index is 13.1. The SMILES string of the molecule is COc1cccc(B(O)O)c1F.COc1cccc(O)c1F.OO. The van der Waals surface area contributed by atoms with Crippen LogP contribution in [0, 0.1) is 11.6 Å². The van der Waals surface area contributed by atoms with Crippen LogP contribution in [0.15, 0.2) is 36.4 Å². The Morgan fingerprint density at radius 3 is 1.71 bits per heavy atom. The Morgan fingerprint density at radius 1 is 0.833 bits per heavy atom. The lowest BCUT2D eigenvalue weighted by Gasteiger charge is -2.05. The van der Waals surface area contributed by atoms with Crippen LogP contribution in [0.25, 0.3) is 0 Å². The topological polar surface area (TPSA) is 120 Å². The molecule has 0 spiro atoms. The van der Waals surface area contributed by atoms with E-state index in [2.05, 4.69) is 9.47 Å². The van der Waals surface area contributed by atoms with Gasteiger partial charge in [0.15, 0.2) is 23.1 Å². The zero-order valence-corrected chi connectivity index (χ0v) is 12.8. The molecule has 0 atom stereocenters. The molecule has 10 heteroatoms. The van der Waals surface area contributed by atoms with Crippen LogP contribution in [0.1, 0.15) is 0 Å². The molecule has 2 rings (SSSR count). The molecule has 0 aliphatic heterocycles. The van der Waals surface area contributed by atoms with Crippen LogP contribution in [0.4, 0.5) is 8.78 Å². The van der Waals surface area contributed by atoms with Crippen LogP contribution in [0.2, 0.25) is 0 Å². The molecule has 5 N–H and O–H groups in total.